The molecule has 142 valence electrons. The Kier molecular flexibility index (Phi) is 8.03. The molecule has 0 aliphatic heterocycles. The van der Waals surface area contributed by atoms with Gasteiger partial charge in [0.1, 0.15) is 12.4 Å². The summed E-state index contributed by atoms with van der Waals surface area (Å²) in [5, 5.41) is 0. The Balaban J connectivity index is 0.000000817. The van der Waals surface area contributed by atoms with Crippen molar-refractivity contribution in [2.45, 2.75) is 52.9 Å². The van der Waals surface area contributed by atoms with Crippen LogP contribution in [0.15, 0.2) is 48.0 Å². The third-order valence-corrected chi connectivity index (χ3v) is 5.34. The van der Waals surface area contributed by atoms with Crippen molar-refractivity contribution in [2.75, 3.05) is 6.61 Å². The average molecular weight is 364 g/mol. The van der Waals surface area contributed by atoms with Crippen LogP contribution in [0.5, 0.6) is 5.75 Å². The first-order valence-corrected chi connectivity index (χ1v) is 9.59. The molecule has 2 aromatic rings. The molecule has 1 aliphatic carbocycles. The SMILES string of the molecule is CCc1ccc(OCC2=C(c3ccccc3)CCCC2)c(C)c1C.O=C=O. The number of carbonyl (C=O) groups excluding carboxylic acids is 2. The quantitative estimate of drug-likeness (QED) is 0.684. The summed E-state index contributed by atoms with van der Waals surface area (Å²) in [5.41, 5.74) is 8.42. The predicted octanol–water partition coefficient (Wildman–Crippen LogP) is 5.69. The Bertz CT molecular complexity index is 813. The van der Waals surface area contributed by atoms with E-state index in [9.17, 15) is 0 Å². The lowest BCUT2D eigenvalue weighted by molar-refractivity contribution is -0.191. The highest BCUT2D eigenvalue weighted by atomic mass is 16.5. The van der Waals surface area contributed by atoms with Crippen LogP contribution in [-0.2, 0) is 16.0 Å². The molecule has 3 heteroatoms. The number of hydrogen-bond acceptors (Lipinski definition) is 3. The number of rotatable bonds is 5. The molecule has 0 amide bonds. The summed E-state index contributed by atoms with van der Waals surface area (Å²) in [6.45, 7) is 7.31. The lowest BCUT2D eigenvalue weighted by Crippen LogP contribution is -2.09. The summed E-state index contributed by atoms with van der Waals surface area (Å²) in [6.07, 6.45) is 6.24. The predicted molar refractivity (Wildman–Crippen MR) is 108 cm³/mol. The van der Waals surface area contributed by atoms with Gasteiger partial charge in [-0.1, -0.05) is 43.3 Å². The molecular formula is C24H28O3. The van der Waals surface area contributed by atoms with E-state index in [1.165, 1.54) is 52.7 Å². The third kappa shape index (κ3) is 5.42. The van der Waals surface area contributed by atoms with Gasteiger partial charge in [-0.2, -0.15) is 9.59 Å². The molecule has 0 saturated heterocycles. The van der Waals surface area contributed by atoms with E-state index in [2.05, 4.69) is 63.2 Å². The Morgan fingerprint density at radius 3 is 2.26 bits per heavy atom. The summed E-state index contributed by atoms with van der Waals surface area (Å²) < 4.78 is 6.25. The maximum absolute atomic E-state index is 8.12. The molecule has 3 rings (SSSR count). The Hall–Kier alpha value is -2.64. The van der Waals surface area contributed by atoms with Crippen LogP contribution in [0, 0.1) is 13.8 Å². The average Bonchev–Trinajstić information content (AvgIpc) is 2.71. The van der Waals surface area contributed by atoms with Crippen LogP contribution < -0.4 is 4.74 Å². The minimum atomic E-state index is 0.250. The second-order valence-corrected chi connectivity index (χ2v) is 6.85. The maximum atomic E-state index is 8.12. The molecule has 1 aliphatic rings. The van der Waals surface area contributed by atoms with Gasteiger partial charge in [0.2, 0.25) is 0 Å². The van der Waals surface area contributed by atoms with Crippen molar-refractivity contribution in [1.82, 2.24) is 0 Å². The van der Waals surface area contributed by atoms with Crippen LogP contribution >= 0.6 is 0 Å². The topological polar surface area (TPSA) is 43.4 Å². The van der Waals surface area contributed by atoms with E-state index < -0.39 is 0 Å². The zero-order valence-electron chi connectivity index (χ0n) is 16.5. The lowest BCUT2D eigenvalue weighted by atomic mass is 9.88. The molecule has 0 heterocycles. The van der Waals surface area contributed by atoms with Gasteiger partial charge in [-0.25, -0.2) is 0 Å². The Labute approximate surface area is 162 Å². The van der Waals surface area contributed by atoms with Crippen LogP contribution in [0.25, 0.3) is 5.57 Å². The largest absolute Gasteiger partial charge is 0.489 e. The molecule has 2 aromatic carbocycles. The highest BCUT2D eigenvalue weighted by molar-refractivity contribution is 5.69. The molecule has 0 saturated carbocycles. The van der Waals surface area contributed by atoms with Crippen molar-refractivity contribution in [3.05, 3.63) is 70.3 Å². The van der Waals surface area contributed by atoms with Gasteiger partial charge in [0.15, 0.2) is 0 Å². The number of aryl methyl sites for hydroxylation is 1. The van der Waals surface area contributed by atoms with Gasteiger partial charge in [-0.05, 0) is 85.4 Å². The van der Waals surface area contributed by atoms with Gasteiger partial charge in [-0.3, -0.25) is 0 Å². The van der Waals surface area contributed by atoms with E-state index in [0.29, 0.717) is 0 Å². The fourth-order valence-corrected chi connectivity index (χ4v) is 3.67. The van der Waals surface area contributed by atoms with Crippen molar-refractivity contribution < 1.29 is 14.3 Å². The van der Waals surface area contributed by atoms with Crippen molar-refractivity contribution in [1.29, 1.82) is 0 Å². The van der Waals surface area contributed by atoms with Crippen molar-refractivity contribution >= 4 is 11.7 Å². The smallest absolute Gasteiger partial charge is 0.373 e. The van der Waals surface area contributed by atoms with E-state index >= 15 is 0 Å². The molecule has 0 unspecified atom stereocenters. The molecular weight excluding hydrogens is 336 g/mol. The number of benzene rings is 2. The van der Waals surface area contributed by atoms with Crippen LogP contribution in [0.2, 0.25) is 0 Å². The molecule has 0 radical (unpaired) electrons. The van der Waals surface area contributed by atoms with Gasteiger partial charge in [0.05, 0.1) is 0 Å². The fraction of sp³-hybridized carbons (Fsp3) is 0.375. The second-order valence-electron chi connectivity index (χ2n) is 6.85. The van der Waals surface area contributed by atoms with Crippen LogP contribution in [0.3, 0.4) is 0 Å². The molecule has 3 nitrogen and oxygen atoms in total. The lowest BCUT2D eigenvalue weighted by Gasteiger charge is -2.22. The third-order valence-electron chi connectivity index (χ3n) is 5.34. The normalized spacial score (nSPS) is 13.4. The molecule has 0 fully saturated rings. The molecule has 0 N–H and O–H groups in total. The number of hydrogen-bond donors (Lipinski definition) is 0. The Morgan fingerprint density at radius 1 is 0.926 bits per heavy atom. The summed E-state index contributed by atoms with van der Waals surface area (Å²) in [6, 6.07) is 15.2. The summed E-state index contributed by atoms with van der Waals surface area (Å²) >= 11 is 0. The van der Waals surface area contributed by atoms with E-state index in [1.807, 2.05) is 0 Å². The minimum Gasteiger partial charge on any atom is -0.489 e. The zero-order chi connectivity index (χ0) is 19.6. The first-order chi connectivity index (χ1) is 13.1. The van der Waals surface area contributed by atoms with E-state index in [1.54, 1.807) is 0 Å². The standard InChI is InChI=1S/C23H28O.CO2/c1-4-19-14-15-23(18(3)17(19)2)24-16-21-12-8-9-13-22(21)20-10-6-5-7-11-20;2-1-3/h5-7,10-11,14-15H,4,8-9,12-13,16H2,1-3H3;. The van der Waals surface area contributed by atoms with Crippen molar-refractivity contribution in [2.24, 2.45) is 0 Å². The van der Waals surface area contributed by atoms with Gasteiger partial charge in [-0.15, -0.1) is 0 Å². The molecule has 0 aromatic heterocycles. The van der Waals surface area contributed by atoms with E-state index in [4.69, 9.17) is 14.3 Å². The van der Waals surface area contributed by atoms with Crippen molar-refractivity contribution in [3.8, 4) is 5.75 Å². The maximum Gasteiger partial charge on any atom is 0.373 e. The summed E-state index contributed by atoms with van der Waals surface area (Å²) in [4.78, 5) is 16.2. The first kappa shape index (κ1) is 20.7. The zero-order valence-corrected chi connectivity index (χ0v) is 16.5. The Morgan fingerprint density at radius 2 is 1.59 bits per heavy atom. The fourth-order valence-electron chi connectivity index (χ4n) is 3.67. The van der Waals surface area contributed by atoms with Gasteiger partial charge >= 0.3 is 6.15 Å². The van der Waals surface area contributed by atoms with Gasteiger partial charge in [0, 0.05) is 0 Å². The van der Waals surface area contributed by atoms with Crippen LogP contribution in [0.1, 0.15) is 54.9 Å². The second kappa shape index (κ2) is 10.5. The summed E-state index contributed by atoms with van der Waals surface area (Å²) in [5.74, 6) is 1.04. The van der Waals surface area contributed by atoms with Crippen LogP contribution in [-0.4, -0.2) is 12.8 Å². The van der Waals surface area contributed by atoms with E-state index in [0.717, 1.165) is 25.2 Å². The molecule has 27 heavy (non-hydrogen) atoms. The van der Waals surface area contributed by atoms with Gasteiger partial charge < -0.3 is 4.74 Å². The first-order valence-electron chi connectivity index (χ1n) is 9.59. The minimum absolute atomic E-state index is 0.250. The molecule has 0 spiro atoms. The molecule has 0 bridgehead atoms. The molecule has 0 atom stereocenters. The van der Waals surface area contributed by atoms with E-state index in [-0.39, 0.29) is 6.15 Å². The van der Waals surface area contributed by atoms with Gasteiger partial charge in [0.25, 0.3) is 0 Å². The monoisotopic (exact) mass is 364 g/mol. The highest BCUT2D eigenvalue weighted by Crippen LogP contribution is 2.33. The number of allylic oxidation sites excluding steroid dienone is 1. The number of ether oxygens (including phenoxy) is 1. The van der Waals surface area contributed by atoms with Crippen molar-refractivity contribution in [3.63, 3.8) is 0 Å². The van der Waals surface area contributed by atoms with Crippen LogP contribution in [0.4, 0.5) is 0 Å². The summed E-state index contributed by atoms with van der Waals surface area (Å²) in [7, 11) is 0. The highest BCUT2D eigenvalue weighted by Gasteiger charge is 2.15.